The van der Waals surface area contributed by atoms with Crippen LogP contribution in [0.2, 0.25) is 0 Å². The first-order valence-electron chi connectivity index (χ1n) is 8.33. The van der Waals surface area contributed by atoms with Crippen LogP contribution < -0.4 is 4.74 Å². The minimum Gasteiger partial charge on any atom is -0.481 e. The zero-order valence-corrected chi connectivity index (χ0v) is 14.4. The molecule has 1 heterocycles. The van der Waals surface area contributed by atoms with Gasteiger partial charge < -0.3 is 19.3 Å². The molecule has 2 atom stereocenters. The highest BCUT2D eigenvalue weighted by Crippen LogP contribution is 2.16. The van der Waals surface area contributed by atoms with Gasteiger partial charge in [0.2, 0.25) is 0 Å². The van der Waals surface area contributed by atoms with Crippen molar-refractivity contribution >= 4 is 5.91 Å². The SMILES string of the molecule is CC(Oc1ccccc1)C(=O)N(CCN(C)C)CC1CCCO1. The number of benzene rings is 1. The molecule has 1 aromatic rings. The molecule has 2 unspecified atom stereocenters. The van der Waals surface area contributed by atoms with Crippen LogP contribution in [0, 0.1) is 0 Å². The number of likely N-dealkylation sites (N-methyl/N-ethyl adjacent to an activating group) is 1. The summed E-state index contributed by atoms with van der Waals surface area (Å²) in [6.45, 7) is 4.78. The zero-order chi connectivity index (χ0) is 16.7. The van der Waals surface area contributed by atoms with Crippen molar-refractivity contribution in [1.82, 2.24) is 9.80 Å². The number of ether oxygens (including phenoxy) is 2. The number of rotatable bonds is 8. The third-order valence-corrected chi connectivity index (χ3v) is 3.98. The molecule has 0 radical (unpaired) electrons. The molecule has 1 aliphatic heterocycles. The molecule has 5 heteroatoms. The Morgan fingerprint density at radius 3 is 2.65 bits per heavy atom. The molecule has 5 nitrogen and oxygen atoms in total. The summed E-state index contributed by atoms with van der Waals surface area (Å²) in [5, 5.41) is 0. The van der Waals surface area contributed by atoms with Crippen molar-refractivity contribution in [2.24, 2.45) is 0 Å². The van der Waals surface area contributed by atoms with Gasteiger partial charge in [0.15, 0.2) is 6.10 Å². The lowest BCUT2D eigenvalue weighted by Gasteiger charge is -2.29. The Labute approximate surface area is 139 Å². The lowest BCUT2D eigenvalue weighted by atomic mass is 10.2. The van der Waals surface area contributed by atoms with Crippen LogP contribution in [-0.2, 0) is 9.53 Å². The van der Waals surface area contributed by atoms with Crippen LogP contribution in [0.3, 0.4) is 0 Å². The van der Waals surface area contributed by atoms with E-state index in [4.69, 9.17) is 9.47 Å². The topological polar surface area (TPSA) is 42.0 Å². The lowest BCUT2D eigenvalue weighted by Crippen LogP contribution is -2.46. The van der Waals surface area contributed by atoms with Crippen molar-refractivity contribution < 1.29 is 14.3 Å². The average Bonchev–Trinajstić information content (AvgIpc) is 3.04. The largest absolute Gasteiger partial charge is 0.481 e. The summed E-state index contributed by atoms with van der Waals surface area (Å²) >= 11 is 0. The van der Waals surface area contributed by atoms with Crippen molar-refractivity contribution in [3.8, 4) is 5.75 Å². The Morgan fingerprint density at radius 1 is 1.30 bits per heavy atom. The highest BCUT2D eigenvalue weighted by atomic mass is 16.5. The Morgan fingerprint density at radius 2 is 2.04 bits per heavy atom. The van der Waals surface area contributed by atoms with Gasteiger partial charge in [-0.1, -0.05) is 18.2 Å². The van der Waals surface area contributed by atoms with E-state index in [2.05, 4.69) is 4.90 Å². The first kappa shape index (κ1) is 17.8. The third-order valence-electron chi connectivity index (χ3n) is 3.98. The second-order valence-electron chi connectivity index (χ2n) is 6.30. The average molecular weight is 320 g/mol. The minimum atomic E-state index is -0.499. The molecule has 2 rings (SSSR count). The van der Waals surface area contributed by atoms with Crippen molar-refractivity contribution in [3.05, 3.63) is 30.3 Å². The standard InChI is InChI=1S/C18H28N2O3/c1-15(23-16-8-5-4-6-9-16)18(21)20(12-11-19(2)3)14-17-10-7-13-22-17/h4-6,8-9,15,17H,7,10-14H2,1-3H3. The summed E-state index contributed by atoms with van der Waals surface area (Å²) in [4.78, 5) is 16.7. The number of hydrogen-bond acceptors (Lipinski definition) is 4. The Kier molecular flexibility index (Phi) is 6.86. The van der Waals surface area contributed by atoms with Gasteiger partial charge >= 0.3 is 0 Å². The van der Waals surface area contributed by atoms with E-state index in [1.165, 1.54) is 0 Å². The van der Waals surface area contributed by atoms with Gasteiger partial charge in [0.25, 0.3) is 5.91 Å². The number of para-hydroxylation sites is 1. The summed E-state index contributed by atoms with van der Waals surface area (Å²) in [5.41, 5.74) is 0. The Hall–Kier alpha value is -1.59. The van der Waals surface area contributed by atoms with Gasteiger partial charge in [0.1, 0.15) is 5.75 Å². The van der Waals surface area contributed by atoms with Crippen LogP contribution in [0.4, 0.5) is 0 Å². The second kappa shape index (κ2) is 8.89. The van der Waals surface area contributed by atoms with Crippen LogP contribution in [-0.4, -0.2) is 68.3 Å². The summed E-state index contributed by atoms with van der Waals surface area (Å²) in [6, 6.07) is 9.48. The first-order valence-corrected chi connectivity index (χ1v) is 8.33. The molecule has 0 N–H and O–H groups in total. The van der Waals surface area contributed by atoms with Crippen molar-refractivity contribution in [1.29, 1.82) is 0 Å². The summed E-state index contributed by atoms with van der Waals surface area (Å²) < 4.78 is 11.5. The molecule has 0 saturated carbocycles. The molecule has 0 aromatic heterocycles. The zero-order valence-electron chi connectivity index (χ0n) is 14.4. The number of amides is 1. The fraction of sp³-hybridized carbons (Fsp3) is 0.611. The van der Waals surface area contributed by atoms with Gasteiger partial charge in [-0.15, -0.1) is 0 Å². The van der Waals surface area contributed by atoms with Crippen LogP contribution in [0.15, 0.2) is 30.3 Å². The van der Waals surface area contributed by atoms with Crippen LogP contribution in [0.25, 0.3) is 0 Å². The highest BCUT2D eigenvalue weighted by molar-refractivity contribution is 5.81. The predicted molar refractivity (Wildman–Crippen MR) is 90.6 cm³/mol. The molecule has 0 spiro atoms. The van der Waals surface area contributed by atoms with E-state index in [0.29, 0.717) is 13.1 Å². The van der Waals surface area contributed by atoms with E-state index < -0.39 is 6.10 Å². The molecule has 1 aromatic carbocycles. The van der Waals surface area contributed by atoms with Gasteiger partial charge in [-0.25, -0.2) is 0 Å². The molecule has 23 heavy (non-hydrogen) atoms. The van der Waals surface area contributed by atoms with Crippen LogP contribution in [0.1, 0.15) is 19.8 Å². The molecule has 1 aliphatic rings. The van der Waals surface area contributed by atoms with Gasteiger partial charge in [-0.3, -0.25) is 4.79 Å². The maximum atomic E-state index is 12.8. The monoisotopic (exact) mass is 320 g/mol. The van der Waals surface area contributed by atoms with E-state index in [1.807, 2.05) is 56.3 Å². The molecule has 128 valence electrons. The van der Waals surface area contributed by atoms with Gasteiger partial charge in [-0.2, -0.15) is 0 Å². The van der Waals surface area contributed by atoms with E-state index in [0.717, 1.165) is 31.7 Å². The molecule has 1 amide bonds. The smallest absolute Gasteiger partial charge is 0.263 e. The molecule has 0 bridgehead atoms. The molecule has 0 aliphatic carbocycles. The fourth-order valence-corrected chi connectivity index (χ4v) is 2.66. The minimum absolute atomic E-state index is 0.0196. The normalized spacial score (nSPS) is 18.9. The van der Waals surface area contributed by atoms with Gasteiger partial charge in [0.05, 0.1) is 6.10 Å². The van der Waals surface area contributed by atoms with E-state index >= 15 is 0 Å². The first-order chi connectivity index (χ1) is 11.1. The Bertz CT molecular complexity index is 472. The summed E-state index contributed by atoms with van der Waals surface area (Å²) in [5.74, 6) is 0.740. The van der Waals surface area contributed by atoms with Crippen LogP contribution in [0.5, 0.6) is 5.75 Å². The van der Waals surface area contributed by atoms with Crippen molar-refractivity contribution in [3.63, 3.8) is 0 Å². The number of nitrogens with zero attached hydrogens (tertiary/aromatic N) is 2. The van der Waals surface area contributed by atoms with Gasteiger partial charge in [0, 0.05) is 26.2 Å². The highest BCUT2D eigenvalue weighted by Gasteiger charge is 2.26. The number of carbonyl (C=O) groups is 1. The molecule has 1 saturated heterocycles. The second-order valence-corrected chi connectivity index (χ2v) is 6.30. The third kappa shape index (κ3) is 5.84. The maximum absolute atomic E-state index is 12.8. The quantitative estimate of drug-likeness (QED) is 0.735. The predicted octanol–water partition coefficient (Wildman–Crippen LogP) is 2.02. The molecule has 1 fully saturated rings. The van der Waals surface area contributed by atoms with E-state index in [-0.39, 0.29) is 12.0 Å². The lowest BCUT2D eigenvalue weighted by molar-refractivity contribution is -0.139. The van der Waals surface area contributed by atoms with Crippen LogP contribution >= 0.6 is 0 Å². The fourth-order valence-electron chi connectivity index (χ4n) is 2.66. The van der Waals surface area contributed by atoms with E-state index in [9.17, 15) is 4.79 Å². The van der Waals surface area contributed by atoms with Crippen molar-refractivity contribution in [2.45, 2.75) is 32.0 Å². The number of carbonyl (C=O) groups excluding carboxylic acids is 1. The molecular weight excluding hydrogens is 292 g/mol. The van der Waals surface area contributed by atoms with Gasteiger partial charge in [-0.05, 0) is 46.0 Å². The summed E-state index contributed by atoms with van der Waals surface area (Å²) in [7, 11) is 4.03. The summed E-state index contributed by atoms with van der Waals surface area (Å²) in [6.07, 6.45) is 1.77. The molecular formula is C18H28N2O3. The Balaban J connectivity index is 1.95. The number of hydrogen-bond donors (Lipinski definition) is 0. The van der Waals surface area contributed by atoms with E-state index in [1.54, 1.807) is 0 Å². The van der Waals surface area contributed by atoms with Crippen molar-refractivity contribution in [2.75, 3.05) is 40.3 Å². The maximum Gasteiger partial charge on any atom is 0.263 e.